The quantitative estimate of drug-likeness (QED) is 0.186. The summed E-state index contributed by atoms with van der Waals surface area (Å²) < 4.78 is 17.1. The Morgan fingerprint density at radius 1 is 0.930 bits per heavy atom. The van der Waals surface area contributed by atoms with Gasteiger partial charge in [-0.05, 0) is 75.0 Å². The van der Waals surface area contributed by atoms with E-state index in [9.17, 15) is 9.59 Å². The Balaban J connectivity index is 0.000000996. The normalized spacial score (nSPS) is 14.3. The molecule has 5 rings (SSSR count). The molecule has 1 unspecified atom stereocenters. The van der Waals surface area contributed by atoms with Crippen molar-refractivity contribution in [2.24, 2.45) is 0 Å². The molecule has 226 valence electrons. The van der Waals surface area contributed by atoms with Gasteiger partial charge in [-0.1, -0.05) is 13.0 Å². The molecule has 0 radical (unpaired) electrons. The number of likely N-dealkylation sites (N-methyl/N-ethyl adjacent to an activating group) is 1. The van der Waals surface area contributed by atoms with Gasteiger partial charge in [-0.2, -0.15) is 0 Å². The first-order chi connectivity index (χ1) is 20.8. The molecule has 4 aromatic rings. The van der Waals surface area contributed by atoms with E-state index >= 15 is 0 Å². The molecular formula is C33H39N5O5. The van der Waals surface area contributed by atoms with Crippen molar-refractivity contribution >= 4 is 40.3 Å². The number of ether oxygens (including phenoxy) is 3. The summed E-state index contributed by atoms with van der Waals surface area (Å²) in [5, 5.41) is 10.1. The van der Waals surface area contributed by atoms with E-state index in [-0.39, 0.29) is 6.03 Å². The molecule has 0 aliphatic carbocycles. The number of carbonyl (C=O) groups excluding carboxylic acids is 2. The highest BCUT2D eigenvalue weighted by atomic mass is 16.5. The number of carbonyl (C=O) groups is 2. The van der Waals surface area contributed by atoms with Crippen molar-refractivity contribution in [2.45, 2.75) is 32.7 Å². The van der Waals surface area contributed by atoms with Crippen LogP contribution < -0.4 is 30.2 Å². The van der Waals surface area contributed by atoms with Gasteiger partial charge in [-0.3, -0.25) is 4.98 Å². The van der Waals surface area contributed by atoms with Gasteiger partial charge in [0.15, 0.2) is 11.5 Å². The number of nitrogens with zero attached hydrogens (tertiary/aromatic N) is 2. The number of aromatic nitrogens is 1. The summed E-state index contributed by atoms with van der Waals surface area (Å²) >= 11 is 0. The van der Waals surface area contributed by atoms with Crippen LogP contribution in [0, 0.1) is 6.92 Å². The van der Waals surface area contributed by atoms with E-state index in [0.29, 0.717) is 52.4 Å². The second kappa shape index (κ2) is 14.9. The molecule has 10 nitrogen and oxygen atoms in total. The highest BCUT2D eigenvalue weighted by Gasteiger charge is 2.19. The van der Waals surface area contributed by atoms with Gasteiger partial charge in [0.2, 0.25) is 0 Å². The van der Waals surface area contributed by atoms with Crippen LogP contribution in [0.4, 0.5) is 21.9 Å². The third-order valence-electron chi connectivity index (χ3n) is 6.94. The summed E-state index contributed by atoms with van der Waals surface area (Å²) in [7, 11) is 5.31. The summed E-state index contributed by atoms with van der Waals surface area (Å²) in [6, 6.07) is 18.8. The number of aldehydes is 1. The second-order valence-corrected chi connectivity index (χ2v) is 10.2. The maximum absolute atomic E-state index is 12.7. The van der Waals surface area contributed by atoms with Gasteiger partial charge in [0.25, 0.3) is 0 Å². The number of amides is 2. The standard InChI is InChI=1S/C30H33N5O4.C3H6O/c1-19-5-6-22(34-30(36)33-21-9-7-20(8-10-21)32-23-12-14-35(2)18-23)15-27(19)39-26-11-13-31-25-17-29(38-4)28(37-3)16-24(25)26;1-2-3-4/h5-11,13,15-17,23,32H,12,14,18H2,1-4H3,(H2,33,34,36);3H,2H2,1H3. The molecule has 3 aromatic carbocycles. The molecule has 1 aliphatic heterocycles. The minimum Gasteiger partial charge on any atom is -0.493 e. The molecule has 1 fully saturated rings. The minimum atomic E-state index is -0.339. The first-order valence-electron chi connectivity index (χ1n) is 14.2. The van der Waals surface area contributed by atoms with Gasteiger partial charge in [0, 0.05) is 59.8 Å². The van der Waals surface area contributed by atoms with E-state index < -0.39 is 0 Å². The number of nitrogens with one attached hydrogen (secondary N) is 3. The van der Waals surface area contributed by atoms with E-state index in [2.05, 4.69) is 32.9 Å². The first kappa shape index (κ1) is 31.1. The predicted molar refractivity (Wildman–Crippen MR) is 171 cm³/mol. The Hall–Kier alpha value is -4.83. The fourth-order valence-electron chi connectivity index (χ4n) is 4.67. The molecule has 10 heteroatoms. The van der Waals surface area contributed by atoms with Crippen molar-refractivity contribution in [3.63, 3.8) is 0 Å². The zero-order valence-corrected chi connectivity index (χ0v) is 25.3. The van der Waals surface area contributed by atoms with Gasteiger partial charge < -0.3 is 39.9 Å². The maximum atomic E-state index is 12.7. The zero-order chi connectivity index (χ0) is 30.8. The number of urea groups is 1. The molecule has 2 amide bonds. The lowest BCUT2D eigenvalue weighted by Crippen LogP contribution is -2.23. The van der Waals surface area contributed by atoms with Gasteiger partial charge >= 0.3 is 6.03 Å². The van der Waals surface area contributed by atoms with Crippen molar-refractivity contribution in [1.29, 1.82) is 0 Å². The number of hydrogen-bond donors (Lipinski definition) is 3. The number of anilines is 3. The number of pyridine rings is 1. The van der Waals surface area contributed by atoms with Gasteiger partial charge in [-0.25, -0.2) is 4.79 Å². The summed E-state index contributed by atoms with van der Waals surface area (Å²) in [6.45, 7) is 5.90. The van der Waals surface area contributed by atoms with Gasteiger partial charge in [-0.15, -0.1) is 0 Å². The number of rotatable bonds is 9. The second-order valence-electron chi connectivity index (χ2n) is 10.2. The molecule has 2 heterocycles. The monoisotopic (exact) mass is 585 g/mol. The fourth-order valence-corrected chi connectivity index (χ4v) is 4.67. The lowest BCUT2D eigenvalue weighted by atomic mass is 10.1. The lowest BCUT2D eigenvalue weighted by molar-refractivity contribution is -0.107. The molecule has 0 bridgehead atoms. The van der Waals surface area contributed by atoms with E-state index in [4.69, 9.17) is 14.2 Å². The van der Waals surface area contributed by atoms with Crippen LogP contribution in [0.2, 0.25) is 0 Å². The van der Waals surface area contributed by atoms with E-state index in [1.54, 1.807) is 32.5 Å². The Bertz CT molecular complexity index is 1540. The minimum absolute atomic E-state index is 0.339. The Labute approximate surface area is 252 Å². The van der Waals surface area contributed by atoms with Crippen LogP contribution in [-0.4, -0.2) is 62.6 Å². The van der Waals surface area contributed by atoms with Crippen LogP contribution in [0.5, 0.6) is 23.0 Å². The van der Waals surface area contributed by atoms with Gasteiger partial charge in [0.05, 0.1) is 19.7 Å². The topological polar surface area (TPSA) is 114 Å². The SMILES string of the molecule is CCC=O.COc1cc2nccc(Oc3cc(NC(=O)Nc4ccc(NC5CCN(C)C5)cc4)ccc3C)c2cc1OC. The highest BCUT2D eigenvalue weighted by molar-refractivity contribution is 6.00. The Morgan fingerprint density at radius 3 is 2.23 bits per heavy atom. The first-order valence-corrected chi connectivity index (χ1v) is 14.2. The van der Waals surface area contributed by atoms with Crippen LogP contribution in [0.15, 0.2) is 66.9 Å². The molecule has 3 N–H and O–H groups in total. The summed E-state index contributed by atoms with van der Waals surface area (Å²) in [5.41, 5.74) is 3.99. The van der Waals surface area contributed by atoms with Crippen molar-refractivity contribution in [3.05, 3.63) is 72.4 Å². The number of methoxy groups -OCH3 is 2. The number of likely N-dealkylation sites (tertiary alicyclic amines) is 1. The van der Waals surface area contributed by atoms with Crippen molar-refractivity contribution in [3.8, 4) is 23.0 Å². The molecule has 1 saturated heterocycles. The van der Waals surface area contributed by atoms with Crippen molar-refractivity contribution < 1.29 is 23.8 Å². The predicted octanol–water partition coefficient (Wildman–Crippen LogP) is 6.71. The number of hydrogen-bond acceptors (Lipinski definition) is 8. The summed E-state index contributed by atoms with van der Waals surface area (Å²) in [5.74, 6) is 2.41. The molecule has 1 aromatic heterocycles. The lowest BCUT2D eigenvalue weighted by Gasteiger charge is -2.15. The summed E-state index contributed by atoms with van der Waals surface area (Å²) in [6.07, 6.45) is 4.32. The number of benzene rings is 3. The van der Waals surface area contributed by atoms with Crippen molar-refractivity contribution in [2.75, 3.05) is 50.3 Å². The maximum Gasteiger partial charge on any atom is 0.323 e. The average Bonchev–Trinajstić information content (AvgIpc) is 3.43. The Kier molecular flexibility index (Phi) is 10.8. The van der Waals surface area contributed by atoms with Crippen LogP contribution in [0.3, 0.4) is 0 Å². The van der Waals surface area contributed by atoms with Crippen molar-refractivity contribution in [1.82, 2.24) is 9.88 Å². The van der Waals surface area contributed by atoms with E-state index in [1.807, 2.05) is 62.4 Å². The zero-order valence-electron chi connectivity index (χ0n) is 25.3. The van der Waals surface area contributed by atoms with Crippen LogP contribution in [0.25, 0.3) is 10.9 Å². The highest BCUT2D eigenvalue weighted by Crippen LogP contribution is 2.38. The molecule has 1 atom stereocenters. The van der Waals surface area contributed by atoms with Crippen LogP contribution in [0.1, 0.15) is 25.3 Å². The summed E-state index contributed by atoms with van der Waals surface area (Å²) in [4.78, 5) is 28.6. The number of aryl methyl sites for hydroxylation is 1. The average molecular weight is 586 g/mol. The van der Waals surface area contributed by atoms with Gasteiger partial charge in [0.1, 0.15) is 17.8 Å². The molecule has 43 heavy (non-hydrogen) atoms. The Morgan fingerprint density at radius 2 is 1.58 bits per heavy atom. The molecule has 0 spiro atoms. The molecule has 0 saturated carbocycles. The van der Waals surface area contributed by atoms with E-state index in [1.165, 1.54) is 0 Å². The van der Waals surface area contributed by atoms with E-state index in [0.717, 1.165) is 42.4 Å². The third kappa shape index (κ3) is 8.36. The van der Waals surface area contributed by atoms with Crippen LogP contribution >= 0.6 is 0 Å². The fraction of sp³-hybridized carbons (Fsp3) is 0.303. The smallest absolute Gasteiger partial charge is 0.323 e. The van der Waals surface area contributed by atoms with Crippen LogP contribution in [-0.2, 0) is 4.79 Å². The molecular weight excluding hydrogens is 546 g/mol. The molecule has 1 aliphatic rings. The number of fused-ring (bicyclic) bond motifs is 1. The third-order valence-corrected chi connectivity index (χ3v) is 6.94. The largest absolute Gasteiger partial charge is 0.493 e.